The van der Waals surface area contributed by atoms with Crippen LogP contribution in [0.15, 0.2) is 23.1 Å². The van der Waals surface area contributed by atoms with Crippen molar-refractivity contribution in [1.82, 2.24) is 9.21 Å². The number of amides is 1. The SMILES string of the molecule is COc1ccc(C(=O)OC(C)C(=O)N2CC(C)OC(C)C2)cc1S(=O)(=O)N1CCCC1. The number of ether oxygens (including phenoxy) is 3. The standard InChI is InChI=1S/C21H30N2O7S/c1-14-12-22(13-15(2)29-14)20(24)16(3)30-21(25)17-7-8-18(28-4)19(11-17)31(26,27)23-9-5-6-10-23/h7-8,11,14-16H,5-6,9-10,12-13H2,1-4H3. The molecular weight excluding hydrogens is 424 g/mol. The van der Waals surface area contributed by atoms with Crippen molar-refractivity contribution in [3.05, 3.63) is 23.8 Å². The number of nitrogens with zero attached hydrogens (tertiary/aromatic N) is 2. The molecule has 2 fully saturated rings. The van der Waals surface area contributed by atoms with Gasteiger partial charge in [-0.2, -0.15) is 4.31 Å². The molecule has 3 atom stereocenters. The van der Waals surface area contributed by atoms with E-state index in [0.29, 0.717) is 26.2 Å². The number of sulfonamides is 1. The van der Waals surface area contributed by atoms with Crippen LogP contribution in [0.1, 0.15) is 44.0 Å². The molecule has 0 aromatic heterocycles. The average Bonchev–Trinajstić information content (AvgIpc) is 3.27. The highest BCUT2D eigenvalue weighted by atomic mass is 32.2. The summed E-state index contributed by atoms with van der Waals surface area (Å²) in [4.78, 5) is 27.0. The summed E-state index contributed by atoms with van der Waals surface area (Å²) in [5.41, 5.74) is 0.0435. The highest BCUT2D eigenvalue weighted by Gasteiger charge is 2.33. The monoisotopic (exact) mass is 454 g/mol. The van der Waals surface area contributed by atoms with Crippen LogP contribution in [0.2, 0.25) is 0 Å². The van der Waals surface area contributed by atoms with E-state index >= 15 is 0 Å². The molecule has 10 heteroatoms. The molecule has 2 aliphatic rings. The topological polar surface area (TPSA) is 102 Å². The van der Waals surface area contributed by atoms with Gasteiger partial charge in [-0.1, -0.05) is 0 Å². The van der Waals surface area contributed by atoms with Crippen molar-refractivity contribution in [1.29, 1.82) is 0 Å². The van der Waals surface area contributed by atoms with E-state index in [4.69, 9.17) is 14.2 Å². The van der Waals surface area contributed by atoms with Gasteiger partial charge in [0.2, 0.25) is 10.0 Å². The van der Waals surface area contributed by atoms with Gasteiger partial charge in [0, 0.05) is 26.2 Å². The minimum Gasteiger partial charge on any atom is -0.495 e. The summed E-state index contributed by atoms with van der Waals surface area (Å²) < 4.78 is 43.6. The van der Waals surface area contributed by atoms with Gasteiger partial charge >= 0.3 is 5.97 Å². The zero-order valence-electron chi connectivity index (χ0n) is 18.4. The summed E-state index contributed by atoms with van der Waals surface area (Å²) in [6.07, 6.45) is 0.375. The molecule has 0 radical (unpaired) electrons. The van der Waals surface area contributed by atoms with E-state index in [9.17, 15) is 18.0 Å². The normalized spacial score (nSPS) is 23.4. The maximum absolute atomic E-state index is 13.0. The minimum atomic E-state index is -3.80. The smallest absolute Gasteiger partial charge is 0.338 e. The molecule has 1 aromatic carbocycles. The summed E-state index contributed by atoms with van der Waals surface area (Å²) in [6.45, 7) is 6.98. The first-order chi connectivity index (χ1) is 14.6. The maximum atomic E-state index is 13.0. The summed E-state index contributed by atoms with van der Waals surface area (Å²) in [5.74, 6) is -0.923. The molecule has 0 bridgehead atoms. The van der Waals surface area contributed by atoms with E-state index < -0.39 is 22.1 Å². The fraction of sp³-hybridized carbons (Fsp3) is 0.619. The van der Waals surface area contributed by atoms with Crippen LogP contribution < -0.4 is 4.74 Å². The lowest BCUT2D eigenvalue weighted by atomic mass is 10.2. The zero-order valence-corrected chi connectivity index (χ0v) is 19.2. The molecule has 3 rings (SSSR count). The zero-order chi connectivity index (χ0) is 22.8. The molecule has 0 spiro atoms. The Morgan fingerprint density at radius 3 is 2.32 bits per heavy atom. The Hall–Kier alpha value is -2.17. The van der Waals surface area contributed by atoms with Crippen LogP contribution in [0, 0.1) is 0 Å². The first kappa shape index (κ1) is 23.5. The van der Waals surface area contributed by atoms with Crippen LogP contribution in [0.25, 0.3) is 0 Å². The van der Waals surface area contributed by atoms with Gasteiger partial charge in [0.05, 0.1) is 24.9 Å². The molecule has 2 saturated heterocycles. The highest BCUT2D eigenvalue weighted by Crippen LogP contribution is 2.30. The number of hydrogen-bond donors (Lipinski definition) is 0. The Bertz CT molecular complexity index is 918. The van der Waals surface area contributed by atoms with Crippen molar-refractivity contribution in [2.75, 3.05) is 33.3 Å². The van der Waals surface area contributed by atoms with Gasteiger partial charge in [-0.3, -0.25) is 4.79 Å². The highest BCUT2D eigenvalue weighted by molar-refractivity contribution is 7.89. The number of rotatable bonds is 6. The Morgan fingerprint density at radius 2 is 1.74 bits per heavy atom. The molecule has 2 aliphatic heterocycles. The van der Waals surface area contributed by atoms with Gasteiger partial charge in [-0.05, 0) is 51.8 Å². The molecular formula is C21H30N2O7S. The predicted octanol–water partition coefficient (Wildman–Crippen LogP) is 1.66. The molecule has 3 unspecified atom stereocenters. The molecule has 172 valence electrons. The number of methoxy groups -OCH3 is 1. The lowest BCUT2D eigenvalue weighted by molar-refractivity contribution is -0.151. The Labute approximate surface area is 183 Å². The fourth-order valence-corrected chi connectivity index (χ4v) is 5.67. The van der Waals surface area contributed by atoms with E-state index in [-0.39, 0.29) is 34.3 Å². The van der Waals surface area contributed by atoms with Crippen molar-refractivity contribution in [3.8, 4) is 5.75 Å². The Kier molecular flexibility index (Phi) is 7.23. The van der Waals surface area contributed by atoms with Gasteiger partial charge in [0.15, 0.2) is 6.10 Å². The fourth-order valence-electron chi connectivity index (χ4n) is 3.97. The number of benzene rings is 1. The lowest BCUT2D eigenvalue weighted by Crippen LogP contribution is -2.51. The quantitative estimate of drug-likeness (QED) is 0.603. The molecule has 0 saturated carbocycles. The van der Waals surface area contributed by atoms with Crippen molar-refractivity contribution >= 4 is 21.9 Å². The largest absolute Gasteiger partial charge is 0.495 e. The summed E-state index contributed by atoms with van der Waals surface area (Å²) >= 11 is 0. The Balaban J connectivity index is 1.76. The number of carbonyl (C=O) groups is 2. The number of carbonyl (C=O) groups excluding carboxylic acids is 2. The van der Waals surface area contributed by atoms with Crippen LogP contribution in [0.4, 0.5) is 0 Å². The van der Waals surface area contributed by atoms with Crippen LogP contribution in [-0.4, -0.2) is 81.1 Å². The molecule has 0 aliphatic carbocycles. The summed E-state index contributed by atoms with van der Waals surface area (Å²) in [7, 11) is -2.42. The predicted molar refractivity (Wildman–Crippen MR) is 112 cm³/mol. The van der Waals surface area contributed by atoms with Crippen molar-refractivity contribution in [2.45, 2.75) is 56.8 Å². The summed E-state index contributed by atoms with van der Waals surface area (Å²) in [5, 5.41) is 0. The Morgan fingerprint density at radius 1 is 1.13 bits per heavy atom. The van der Waals surface area contributed by atoms with Crippen molar-refractivity contribution < 1.29 is 32.2 Å². The summed E-state index contributed by atoms with van der Waals surface area (Å²) in [6, 6.07) is 4.11. The van der Waals surface area contributed by atoms with E-state index in [1.807, 2.05) is 13.8 Å². The van der Waals surface area contributed by atoms with E-state index in [0.717, 1.165) is 12.8 Å². The van der Waals surface area contributed by atoms with Crippen LogP contribution in [0.3, 0.4) is 0 Å². The number of esters is 1. The van der Waals surface area contributed by atoms with Crippen LogP contribution in [0.5, 0.6) is 5.75 Å². The number of morpholine rings is 1. The van der Waals surface area contributed by atoms with Crippen LogP contribution in [-0.2, 0) is 24.3 Å². The second-order valence-electron chi connectivity index (χ2n) is 8.02. The van der Waals surface area contributed by atoms with E-state index in [2.05, 4.69) is 0 Å². The van der Waals surface area contributed by atoms with Gasteiger partial charge in [-0.25, -0.2) is 13.2 Å². The molecule has 0 N–H and O–H groups in total. The van der Waals surface area contributed by atoms with Crippen LogP contribution >= 0.6 is 0 Å². The molecule has 2 heterocycles. The van der Waals surface area contributed by atoms with E-state index in [1.165, 1.54) is 36.5 Å². The second kappa shape index (κ2) is 9.54. The molecule has 31 heavy (non-hydrogen) atoms. The van der Waals surface area contributed by atoms with Crippen molar-refractivity contribution in [3.63, 3.8) is 0 Å². The van der Waals surface area contributed by atoms with Gasteiger partial charge < -0.3 is 19.1 Å². The van der Waals surface area contributed by atoms with Gasteiger partial charge in [-0.15, -0.1) is 0 Å². The van der Waals surface area contributed by atoms with Gasteiger partial charge in [0.1, 0.15) is 10.6 Å². The number of hydrogen-bond acceptors (Lipinski definition) is 7. The third kappa shape index (κ3) is 5.19. The molecule has 9 nitrogen and oxygen atoms in total. The maximum Gasteiger partial charge on any atom is 0.338 e. The molecule has 1 amide bonds. The minimum absolute atomic E-state index is 0.0435. The average molecular weight is 455 g/mol. The van der Waals surface area contributed by atoms with E-state index in [1.54, 1.807) is 4.90 Å². The second-order valence-corrected chi connectivity index (χ2v) is 9.93. The lowest BCUT2D eigenvalue weighted by Gasteiger charge is -2.36. The van der Waals surface area contributed by atoms with Crippen molar-refractivity contribution in [2.24, 2.45) is 0 Å². The first-order valence-corrected chi connectivity index (χ1v) is 11.9. The third-order valence-electron chi connectivity index (χ3n) is 5.45. The van der Waals surface area contributed by atoms with Gasteiger partial charge in [0.25, 0.3) is 5.91 Å². The molecule has 1 aromatic rings. The third-order valence-corrected chi connectivity index (χ3v) is 7.36. The first-order valence-electron chi connectivity index (χ1n) is 10.5.